The van der Waals surface area contributed by atoms with E-state index in [1.54, 1.807) is 4.90 Å². The third-order valence-electron chi connectivity index (χ3n) is 3.21. The Labute approximate surface area is 116 Å². The molecule has 20 heavy (non-hydrogen) atoms. The first-order chi connectivity index (χ1) is 9.52. The van der Waals surface area contributed by atoms with Crippen molar-refractivity contribution in [2.24, 2.45) is 0 Å². The Kier molecular flexibility index (Phi) is 4.22. The molecule has 5 nitrogen and oxygen atoms in total. The van der Waals surface area contributed by atoms with Gasteiger partial charge in [0, 0.05) is 18.2 Å². The average Bonchev–Trinajstić information content (AvgIpc) is 3.23. The van der Waals surface area contributed by atoms with E-state index in [0.29, 0.717) is 5.56 Å². The lowest BCUT2D eigenvalue weighted by molar-refractivity contribution is -0.137. The van der Waals surface area contributed by atoms with Crippen molar-refractivity contribution >= 4 is 11.9 Å². The molecule has 1 saturated carbocycles. The molecule has 1 fully saturated rings. The van der Waals surface area contributed by atoms with E-state index in [9.17, 15) is 14.0 Å². The molecule has 0 heterocycles. The van der Waals surface area contributed by atoms with Crippen LogP contribution >= 0.6 is 0 Å². The van der Waals surface area contributed by atoms with Gasteiger partial charge in [-0.05, 0) is 31.0 Å². The maximum Gasteiger partial charge on any atom is 0.305 e. The van der Waals surface area contributed by atoms with Gasteiger partial charge in [0.15, 0.2) is 11.6 Å². The summed E-state index contributed by atoms with van der Waals surface area (Å²) in [6.07, 6.45) is 1.66. The predicted octanol–water partition coefficient (Wildman–Crippen LogP) is 1.91. The molecule has 1 N–H and O–H groups in total. The van der Waals surface area contributed by atoms with E-state index >= 15 is 0 Å². The largest absolute Gasteiger partial charge is 0.494 e. The molecule has 1 aromatic carbocycles. The summed E-state index contributed by atoms with van der Waals surface area (Å²) in [6.45, 7) is 0.165. The lowest BCUT2D eigenvalue weighted by Crippen LogP contribution is -2.35. The fraction of sp³-hybridized carbons (Fsp3) is 0.429. The van der Waals surface area contributed by atoms with Crippen molar-refractivity contribution in [1.29, 1.82) is 0 Å². The SMILES string of the molecule is COc1cc(C(=O)N(CCC(=O)O)C2CC2)ccc1F. The number of aliphatic carboxylic acids is 1. The number of carbonyl (C=O) groups is 2. The number of nitrogens with zero attached hydrogens (tertiary/aromatic N) is 1. The maximum absolute atomic E-state index is 13.3. The molecule has 1 aromatic rings. The summed E-state index contributed by atoms with van der Waals surface area (Å²) < 4.78 is 18.2. The normalized spacial score (nSPS) is 13.9. The van der Waals surface area contributed by atoms with E-state index in [1.807, 2.05) is 0 Å². The Hall–Kier alpha value is -2.11. The number of amides is 1. The van der Waals surface area contributed by atoms with Crippen molar-refractivity contribution in [3.8, 4) is 5.75 Å². The van der Waals surface area contributed by atoms with Crippen molar-refractivity contribution in [1.82, 2.24) is 4.90 Å². The first-order valence-electron chi connectivity index (χ1n) is 6.39. The number of carboxylic acid groups (broad SMARTS) is 1. The number of methoxy groups -OCH3 is 1. The number of hydrogen-bond acceptors (Lipinski definition) is 3. The van der Waals surface area contributed by atoms with Crippen LogP contribution in [0.1, 0.15) is 29.6 Å². The summed E-state index contributed by atoms with van der Waals surface area (Å²) in [5.74, 6) is -1.76. The molecule has 108 valence electrons. The van der Waals surface area contributed by atoms with Gasteiger partial charge in [0.05, 0.1) is 13.5 Å². The Morgan fingerprint density at radius 3 is 2.70 bits per heavy atom. The van der Waals surface area contributed by atoms with Crippen LogP contribution in [0.5, 0.6) is 5.75 Å². The van der Waals surface area contributed by atoms with Crippen LogP contribution < -0.4 is 4.74 Å². The zero-order chi connectivity index (χ0) is 14.7. The molecule has 1 amide bonds. The highest BCUT2D eigenvalue weighted by Gasteiger charge is 2.33. The van der Waals surface area contributed by atoms with Crippen molar-refractivity contribution in [2.45, 2.75) is 25.3 Å². The summed E-state index contributed by atoms with van der Waals surface area (Å²) in [6, 6.07) is 4.00. The minimum atomic E-state index is -0.944. The summed E-state index contributed by atoms with van der Waals surface area (Å²) in [4.78, 5) is 24.6. The topological polar surface area (TPSA) is 66.8 Å². The summed E-state index contributed by atoms with van der Waals surface area (Å²) in [7, 11) is 1.33. The van der Waals surface area contributed by atoms with Crippen LogP contribution in [-0.2, 0) is 4.79 Å². The number of halogens is 1. The lowest BCUT2D eigenvalue weighted by atomic mass is 10.1. The molecule has 0 unspecified atom stereocenters. The van der Waals surface area contributed by atoms with Gasteiger partial charge in [-0.3, -0.25) is 9.59 Å². The van der Waals surface area contributed by atoms with Crippen LogP contribution in [0.4, 0.5) is 4.39 Å². The van der Waals surface area contributed by atoms with Crippen LogP contribution in [-0.4, -0.2) is 41.6 Å². The second-order valence-electron chi connectivity index (χ2n) is 4.72. The van der Waals surface area contributed by atoms with Gasteiger partial charge in [0.1, 0.15) is 0 Å². The molecule has 0 saturated heterocycles. The van der Waals surface area contributed by atoms with Crippen LogP contribution in [0, 0.1) is 5.82 Å². The molecular weight excluding hydrogens is 265 g/mol. The molecule has 0 aromatic heterocycles. The fourth-order valence-corrected chi connectivity index (χ4v) is 2.01. The van der Waals surface area contributed by atoms with Gasteiger partial charge in [-0.25, -0.2) is 4.39 Å². The molecule has 0 atom stereocenters. The van der Waals surface area contributed by atoms with Crippen molar-refractivity contribution in [2.75, 3.05) is 13.7 Å². The van der Waals surface area contributed by atoms with Gasteiger partial charge in [-0.2, -0.15) is 0 Å². The highest BCUT2D eigenvalue weighted by Crippen LogP contribution is 2.29. The first-order valence-corrected chi connectivity index (χ1v) is 6.39. The summed E-state index contributed by atoms with van der Waals surface area (Å²) >= 11 is 0. The third-order valence-corrected chi connectivity index (χ3v) is 3.21. The van der Waals surface area contributed by atoms with E-state index in [0.717, 1.165) is 12.8 Å². The zero-order valence-corrected chi connectivity index (χ0v) is 11.1. The molecule has 0 radical (unpaired) electrons. The van der Waals surface area contributed by atoms with Crippen molar-refractivity contribution < 1.29 is 23.8 Å². The van der Waals surface area contributed by atoms with Crippen LogP contribution in [0.2, 0.25) is 0 Å². The van der Waals surface area contributed by atoms with E-state index in [1.165, 1.54) is 25.3 Å². The van der Waals surface area contributed by atoms with Crippen molar-refractivity contribution in [3.63, 3.8) is 0 Å². The second kappa shape index (κ2) is 5.90. The zero-order valence-electron chi connectivity index (χ0n) is 11.1. The van der Waals surface area contributed by atoms with Crippen LogP contribution in [0.15, 0.2) is 18.2 Å². The Bertz CT molecular complexity index is 528. The molecule has 0 aliphatic heterocycles. The predicted molar refractivity (Wildman–Crippen MR) is 69.3 cm³/mol. The average molecular weight is 281 g/mol. The minimum absolute atomic E-state index is 0.00447. The Morgan fingerprint density at radius 1 is 1.45 bits per heavy atom. The van der Waals surface area contributed by atoms with Crippen LogP contribution in [0.25, 0.3) is 0 Å². The second-order valence-corrected chi connectivity index (χ2v) is 4.72. The number of benzene rings is 1. The van der Waals surface area contributed by atoms with Crippen LogP contribution in [0.3, 0.4) is 0 Å². The lowest BCUT2D eigenvalue weighted by Gasteiger charge is -2.22. The maximum atomic E-state index is 13.3. The highest BCUT2D eigenvalue weighted by molar-refractivity contribution is 5.95. The van der Waals surface area contributed by atoms with Gasteiger partial charge >= 0.3 is 5.97 Å². The summed E-state index contributed by atoms with van der Waals surface area (Å²) in [5.41, 5.74) is 0.306. The highest BCUT2D eigenvalue weighted by atomic mass is 19.1. The van der Waals surface area contributed by atoms with Gasteiger partial charge in [0.2, 0.25) is 0 Å². The molecule has 6 heteroatoms. The number of ether oxygens (including phenoxy) is 1. The molecule has 1 aliphatic carbocycles. The minimum Gasteiger partial charge on any atom is -0.494 e. The standard InChI is InChI=1S/C14H16FNO4/c1-20-12-8-9(2-5-11(12)15)14(19)16(10-3-4-10)7-6-13(17)18/h2,5,8,10H,3-4,6-7H2,1H3,(H,17,18). The number of hydrogen-bond donors (Lipinski definition) is 1. The van der Waals surface area contributed by atoms with Crippen molar-refractivity contribution in [3.05, 3.63) is 29.6 Å². The van der Waals surface area contributed by atoms with E-state index in [2.05, 4.69) is 0 Å². The first kappa shape index (κ1) is 14.3. The molecule has 0 spiro atoms. The monoisotopic (exact) mass is 281 g/mol. The smallest absolute Gasteiger partial charge is 0.305 e. The van der Waals surface area contributed by atoms with E-state index in [4.69, 9.17) is 9.84 Å². The number of carboxylic acids is 1. The van der Waals surface area contributed by atoms with Gasteiger partial charge < -0.3 is 14.7 Å². The third kappa shape index (κ3) is 3.26. The fourth-order valence-electron chi connectivity index (χ4n) is 2.01. The molecular formula is C14H16FNO4. The molecule has 2 rings (SSSR count). The quantitative estimate of drug-likeness (QED) is 0.865. The number of rotatable bonds is 6. The van der Waals surface area contributed by atoms with E-state index < -0.39 is 11.8 Å². The Balaban J connectivity index is 2.16. The van der Waals surface area contributed by atoms with Gasteiger partial charge in [-0.1, -0.05) is 0 Å². The van der Waals surface area contributed by atoms with Gasteiger partial charge in [0.25, 0.3) is 5.91 Å². The molecule has 1 aliphatic rings. The molecule has 0 bridgehead atoms. The number of carbonyl (C=O) groups excluding carboxylic acids is 1. The van der Waals surface area contributed by atoms with Gasteiger partial charge in [-0.15, -0.1) is 0 Å². The Morgan fingerprint density at radius 2 is 2.15 bits per heavy atom. The summed E-state index contributed by atoms with van der Waals surface area (Å²) in [5, 5.41) is 8.73. The van der Waals surface area contributed by atoms with E-state index in [-0.39, 0.29) is 30.7 Å².